The summed E-state index contributed by atoms with van der Waals surface area (Å²) in [4.78, 5) is 29.7. The molecule has 2 rings (SSSR count). The Hall–Kier alpha value is -1.14. The molecule has 1 atom stereocenters. The van der Waals surface area contributed by atoms with Crippen LogP contribution in [0.15, 0.2) is 0 Å². The summed E-state index contributed by atoms with van der Waals surface area (Å²) in [6.07, 6.45) is 2.09. The van der Waals surface area contributed by atoms with E-state index < -0.39 is 0 Å². The smallest absolute Gasteiger partial charge is 0.237 e. The summed E-state index contributed by atoms with van der Waals surface area (Å²) in [6, 6.07) is -0.179. The Morgan fingerprint density at radius 2 is 1.74 bits per heavy atom. The number of carbonyl (C=O) groups excluding carboxylic acids is 2. The van der Waals surface area contributed by atoms with Crippen LogP contribution in [0.5, 0.6) is 0 Å². The molecular weight excluding hydrogens is 340 g/mol. The molecule has 6 nitrogen and oxygen atoms in total. The van der Waals surface area contributed by atoms with Gasteiger partial charge in [-0.3, -0.25) is 14.5 Å². The summed E-state index contributed by atoms with van der Waals surface area (Å²) in [5, 5.41) is 6.60. The summed E-state index contributed by atoms with van der Waals surface area (Å²) in [5.74, 6) is 0.0488. The Morgan fingerprint density at radius 3 is 2.26 bits per heavy atom. The van der Waals surface area contributed by atoms with Gasteiger partial charge >= 0.3 is 0 Å². The maximum Gasteiger partial charge on any atom is 0.237 e. The standard InChI is InChI=1S/C21H40N4O2/c1-19(2,3)14-25-10-9-22-18(27)16(25)11-17(26)24(8)15-12-20(4,5)23-21(6,7)13-15/h15-16,23H,9-14H2,1-8H3,(H,22,27)/t16-/m1/s1. The molecule has 0 bridgehead atoms. The molecule has 2 amide bonds. The molecule has 156 valence electrons. The minimum absolute atomic E-state index is 0.0125. The number of carbonyl (C=O) groups is 2. The van der Waals surface area contributed by atoms with Crippen molar-refractivity contribution in [1.29, 1.82) is 0 Å². The van der Waals surface area contributed by atoms with Gasteiger partial charge in [0, 0.05) is 43.8 Å². The minimum Gasteiger partial charge on any atom is -0.353 e. The molecule has 0 aliphatic carbocycles. The van der Waals surface area contributed by atoms with Gasteiger partial charge in [0.15, 0.2) is 0 Å². The van der Waals surface area contributed by atoms with E-state index in [2.05, 4.69) is 64.0 Å². The molecule has 0 unspecified atom stereocenters. The summed E-state index contributed by atoms with van der Waals surface area (Å²) in [7, 11) is 1.90. The van der Waals surface area contributed by atoms with Gasteiger partial charge in [0.1, 0.15) is 0 Å². The predicted octanol–water partition coefficient (Wildman–Crippen LogP) is 1.99. The predicted molar refractivity (Wildman–Crippen MR) is 110 cm³/mol. The third-order valence-corrected chi connectivity index (χ3v) is 5.60. The van der Waals surface area contributed by atoms with Crippen molar-refractivity contribution < 1.29 is 9.59 Å². The van der Waals surface area contributed by atoms with Crippen LogP contribution in [0.25, 0.3) is 0 Å². The molecule has 0 aromatic carbocycles. The van der Waals surface area contributed by atoms with Crippen LogP contribution in [0.1, 0.15) is 67.7 Å². The van der Waals surface area contributed by atoms with E-state index in [9.17, 15) is 9.59 Å². The van der Waals surface area contributed by atoms with Gasteiger partial charge in [-0.05, 0) is 46.0 Å². The van der Waals surface area contributed by atoms with Crippen LogP contribution in [-0.2, 0) is 9.59 Å². The van der Waals surface area contributed by atoms with Gasteiger partial charge in [0.25, 0.3) is 0 Å². The zero-order chi connectivity index (χ0) is 20.6. The second-order valence-corrected chi connectivity index (χ2v) is 11.0. The lowest BCUT2D eigenvalue weighted by atomic mass is 9.79. The highest BCUT2D eigenvalue weighted by Crippen LogP contribution is 2.31. The highest BCUT2D eigenvalue weighted by atomic mass is 16.2. The molecule has 0 spiro atoms. The zero-order valence-corrected chi connectivity index (χ0v) is 18.6. The first-order valence-corrected chi connectivity index (χ1v) is 10.3. The van der Waals surface area contributed by atoms with E-state index in [-0.39, 0.29) is 46.8 Å². The van der Waals surface area contributed by atoms with Gasteiger partial charge in [0.05, 0.1) is 12.5 Å². The second-order valence-electron chi connectivity index (χ2n) is 11.0. The SMILES string of the molecule is CN(C(=O)C[C@@H]1C(=O)NCCN1CC(C)(C)C)C1CC(C)(C)NC(C)(C)C1. The fraction of sp³-hybridized carbons (Fsp3) is 0.905. The van der Waals surface area contributed by atoms with Crippen molar-refractivity contribution in [2.75, 3.05) is 26.7 Å². The summed E-state index contributed by atoms with van der Waals surface area (Å²) in [5.41, 5.74) is 0.0663. The molecule has 2 aliphatic heterocycles. The van der Waals surface area contributed by atoms with Crippen molar-refractivity contribution in [2.24, 2.45) is 5.41 Å². The van der Waals surface area contributed by atoms with E-state index in [1.807, 2.05) is 11.9 Å². The van der Waals surface area contributed by atoms with Crippen molar-refractivity contribution in [3.63, 3.8) is 0 Å². The number of piperidine rings is 1. The quantitative estimate of drug-likeness (QED) is 0.783. The molecule has 0 aromatic heterocycles. The van der Waals surface area contributed by atoms with E-state index in [1.165, 1.54) is 0 Å². The number of nitrogens with zero attached hydrogens (tertiary/aromatic N) is 2. The lowest BCUT2D eigenvalue weighted by molar-refractivity contribution is -0.141. The molecular formula is C21H40N4O2. The van der Waals surface area contributed by atoms with Crippen LogP contribution < -0.4 is 10.6 Å². The largest absolute Gasteiger partial charge is 0.353 e. The first-order chi connectivity index (χ1) is 12.2. The lowest BCUT2D eigenvalue weighted by Crippen LogP contribution is -2.63. The van der Waals surface area contributed by atoms with Crippen LogP contribution in [-0.4, -0.2) is 71.5 Å². The molecule has 27 heavy (non-hydrogen) atoms. The fourth-order valence-corrected chi connectivity index (χ4v) is 4.84. The monoisotopic (exact) mass is 380 g/mol. The van der Waals surface area contributed by atoms with E-state index in [1.54, 1.807) is 0 Å². The van der Waals surface area contributed by atoms with E-state index in [0.29, 0.717) is 6.54 Å². The molecule has 2 saturated heterocycles. The maximum atomic E-state index is 13.1. The average Bonchev–Trinajstić information content (AvgIpc) is 2.45. The number of rotatable bonds is 4. The number of nitrogens with one attached hydrogen (secondary N) is 2. The summed E-state index contributed by atoms with van der Waals surface area (Å²) < 4.78 is 0. The average molecular weight is 381 g/mol. The molecule has 0 saturated carbocycles. The van der Waals surface area contributed by atoms with Gasteiger partial charge in [-0.25, -0.2) is 0 Å². The van der Waals surface area contributed by atoms with Crippen LogP contribution in [0, 0.1) is 5.41 Å². The minimum atomic E-state index is -0.365. The number of hydrogen-bond acceptors (Lipinski definition) is 4. The molecule has 2 N–H and O–H groups in total. The Morgan fingerprint density at radius 1 is 1.19 bits per heavy atom. The van der Waals surface area contributed by atoms with Crippen LogP contribution in [0.3, 0.4) is 0 Å². The van der Waals surface area contributed by atoms with E-state index in [0.717, 1.165) is 25.9 Å². The summed E-state index contributed by atoms with van der Waals surface area (Å²) in [6.45, 7) is 17.6. The van der Waals surface area contributed by atoms with Crippen molar-refractivity contribution in [3.05, 3.63) is 0 Å². The zero-order valence-electron chi connectivity index (χ0n) is 18.6. The second kappa shape index (κ2) is 7.70. The van der Waals surface area contributed by atoms with Crippen LogP contribution in [0.2, 0.25) is 0 Å². The van der Waals surface area contributed by atoms with Gasteiger partial charge in [-0.15, -0.1) is 0 Å². The van der Waals surface area contributed by atoms with Crippen molar-refractivity contribution in [2.45, 2.75) is 90.9 Å². The molecule has 6 heteroatoms. The highest BCUT2D eigenvalue weighted by Gasteiger charge is 2.41. The molecule has 0 radical (unpaired) electrons. The van der Waals surface area contributed by atoms with Crippen molar-refractivity contribution >= 4 is 11.8 Å². The Kier molecular flexibility index (Phi) is 6.32. The van der Waals surface area contributed by atoms with E-state index in [4.69, 9.17) is 0 Å². The third kappa shape index (κ3) is 6.18. The Balaban J connectivity index is 2.08. The number of hydrogen-bond donors (Lipinski definition) is 2. The summed E-state index contributed by atoms with van der Waals surface area (Å²) >= 11 is 0. The number of amides is 2. The Bertz CT molecular complexity index is 549. The molecule has 0 aromatic rings. The van der Waals surface area contributed by atoms with Gasteiger partial charge in [-0.2, -0.15) is 0 Å². The molecule has 2 heterocycles. The fourth-order valence-electron chi connectivity index (χ4n) is 4.84. The van der Waals surface area contributed by atoms with E-state index >= 15 is 0 Å². The molecule has 2 aliphatic rings. The first-order valence-electron chi connectivity index (χ1n) is 10.3. The first kappa shape index (κ1) is 22.2. The van der Waals surface area contributed by atoms with Crippen LogP contribution in [0.4, 0.5) is 0 Å². The van der Waals surface area contributed by atoms with Crippen LogP contribution >= 0.6 is 0 Å². The van der Waals surface area contributed by atoms with Crippen molar-refractivity contribution in [3.8, 4) is 0 Å². The highest BCUT2D eigenvalue weighted by molar-refractivity contribution is 5.88. The van der Waals surface area contributed by atoms with Gasteiger partial charge < -0.3 is 15.5 Å². The maximum absolute atomic E-state index is 13.1. The van der Waals surface area contributed by atoms with Gasteiger partial charge in [0.2, 0.25) is 11.8 Å². The lowest BCUT2D eigenvalue weighted by Gasteiger charge is -2.49. The Labute approximate surface area is 165 Å². The normalized spacial score (nSPS) is 26.5. The molecule has 2 fully saturated rings. The van der Waals surface area contributed by atoms with Gasteiger partial charge in [-0.1, -0.05) is 20.8 Å². The number of piperazine rings is 1. The third-order valence-electron chi connectivity index (χ3n) is 5.60. The van der Waals surface area contributed by atoms with Crippen molar-refractivity contribution in [1.82, 2.24) is 20.4 Å². The topological polar surface area (TPSA) is 64.7 Å².